The van der Waals surface area contributed by atoms with Gasteiger partial charge in [0.2, 0.25) is 0 Å². The second kappa shape index (κ2) is 1.83. The molecule has 0 radical (unpaired) electrons. The smallest absolute Gasteiger partial charge is 0.133 e. The minimum atomic E-state index is 0.510. The number of fused-ring (bicyclic) bond motifs is 1. The van der Waals surface area contributed by atoms with Gasteiger partial charge in [0.05, 0.1) is 0 Å². The van der Waals surface area contributed by atoms with Gasteiger partial charge < -0.3 is 0 Å². The molecular weight excluding hydrogens is 112 g/mol. The molecule has 0 N–H and O–H groups in total. The van der Waals surface area contributed by atoms with Crippen LogP contribution in [0.25, 0.3) is 0 Å². The Morgan fingerprint density at radius 3 is 2.33 bits per heavy atom. The molecule has 0 saturated heterocycles. The zero-order chi connectivity index (χ0) is 6.27. The lowest BCUT2D eigenvalue weighted by atomic mass is 9.65. The standard InChI is InChI=1S/C8H12O/c9-8-4-3-6-1-2-7(6)5-8/h6-7H,1-5H2/t6-,7-/m0/s1. The number of ketones is 1. The van der Waals surface area contributed by atoms with Crippen molar-refractivity contribution in [3.63, 3.8) is 0 Å². The van der Waals surface area contributed by atoms with Crippen LogP contribution in [0, 0.1) is 11.8 Å². The Balaban J connectivity index is 1.99. The van der Waals surface area contributed by atoms with E-state index in [-0.39, 0.29) is 0 Å². The number of hydrogen-bond donors (Lipinski definition) is 0. The van der Waals surface area contributed by atoms with Crippen molar-refractivity contribution in [1.82, 2.24) is 0 Å². The number of hydrogen-bond acceptors (Lipinski definition) is 1. The number of carbonyl (C=O) groups is 1. The Morgan fingerprint density at radius 1 is 1.11 bits per heavy atom. The molecule has 2 aliphatic rings. The monoisotopic (exact) mass is 124 g/mol. The van der Waals surface area contributed by atoms with E-state index < -0.39 is 0 Å². The van der Waals surface area contributed by atoms with E-state index in [1.165, 1.54) is 19.3 Å². The molecule has 9 heavy (non-hydrogen) atoms. The predicted octanol–water partition coefficient (Wildman–Crippen LogP) is 1.77. The van der Waals surface area contributed by atoms with Gasteiger partial charge in [0.25, 0.3) is 0 Å². The van der Waals surface area contributed by atoms with Crippen molar-refractivity contribution in [2.45, 2.75) is 32.1 Å². The second-order valence-electron chi connectivity index (χ2n) is 3.38. The molecular formula is C8H12O. The summed E-state index contributed by atoms with van der Waals surface area (Å²) in [6.45, 7) is 0. The van der Waals surface area contributed by atoms with Crippen LogP contribution in [0.3, 0.4) is 0 Å². The highest BCUT2D eigenvalue weighted by atomic mass is 16.1. The van der Waals surface area contributed by atoms with E-state index in [1.54, 1.807) is 0 Å². The maximum atomic E-state index is 10.9. The molecule has 2 saturated carbocycles. The van der Waals surface area contributed by atoms with Crippen LogP contribution in [0.1, 0.15) is 32.1 Å². The zero-order valence-electron chi connectivity index (χ0n) is 5.60. The topological polar surface area (TPSA) is 17.1 Å². The van der Waals surface area contributed by atoms with Crippen LogP contribution in [0.5, 0.6) is 0 Å². The van der Waals surface area contributed by atoms with Gasteiger partial charge in [0, 0.05) is 12.8 Å². The zero-order valence-corrected chi connectivity index (χ0v) is 5.60. The molecule has 0 aromatic heterocycles. The molecule has 0 aromatic carbocycles. The Kier molecular flexibility index (Phi) is 1.11. The van der Waals surface area contributed by atoms with Gasteiger partial charge in [-0.05, 0) is 31.1 Å². The highest BCUT2D eigenvalue weighted by Crippen LogP contribution is 2.43. The first kappa shape index (κ1) is 5.45. The minimum Gasteiger partial charge on any atom is -0.300 e. The van der Waals surface area contributed by atoms with Crippen LogP contribution in [-0.2, 0) is 4.79 Å². The number of carbonyl (C=O) groups excluding carboxylic acids is 1. The fourth-order valence-electron chi connectivity index (χ4n) is 2.03. The van der Waals surface area contributed by atoms with Gasteiger partial charge in [-0.2, -0.15) is 0 Å². The van der Waals surface area contributed by atoms with E-state index in [1.807, 2.05) is 0 Å². The molecule has 0 amide bonds. The third-order valence-electron chi connectivity index (χ3n) is 2.86. The molecule has 0 unspecified atom stereocenters. The molecule has 2 rings (SSSR count). The van der Waals surface area contributed by atoms with Crippen molar-refractivity contribution < 1.29 is 4.79 Å². The molecule has 2 aliphatic carbocycles. The summed E-state index contributed by atoms with van der Waals surface area (Å²) in [5.41, 5.74) is 0. The summed E-state index contributed by atoms with van der Waals surface area (Å²) in [5, 5.41) is 0. The first-order valence-electron chi connectivity index (χ1n) is 3.88. The number of rotatable bonds is 0. The van der Waals surface area contributed by atoms with E-state index in [9.17, 15) is 4.79 Å². The molecule has 0 aliphatic heterocycles. The van der Waals surface area contributed by atoms with E-state index >= 15 is 0 Å². The minimum absolute atomic E-state index is 0.510. The van der Waals surface area contributed by atoms with E-state index in [4.69, 9.17) is 0 Å². The molecule has 2 fully saturated rings. The molecule has 1 heteroatoms. The Morgan fingerprint density at radius 2 is 1.89 bits per heavy atom. The summed E-state index contributed by atoms with van der Waals surface area (Å²) in [5.74, 6) is 2.27. The molecule has 2 atom stereocenters. The molecule has 0 aromatic rings. The van der Waals surface area contributed by atoms with Gasteiger partial charge in [0.1, 0.15) is 5.78 Å². The SMILES string of the molecule is O=C1CC[C@@H]2CC[C@H]2C1. The Labute approximate surface area is 55.4 Å². The van der Waals surface area contributed by atoms with Crippen molar-refractivity contribution in [2.75, 3.05) is 0 Å². The fourth-order valence-corrected chi connectivity index (χ4v) is 2.03. The van der Waals surface area contributed by atoms with Gasteiger partial charge in [-0.15, -0.1) is 0 Å². The Hall–Kier alpha value is -0.330. The van der Waals surface area contributed by atoms with Crippen LogP contribution in [-0.4, -0.2) is 5.78 Å². The lowest BCUT2D eigenvalue weighted by Crippen LogP contribution is -2.32. The summed E-state index contributed by atoms with van der Waals surface area (Å²) >= 11 is 0. The first-order chi connectivity index (χ1) is 4.36. The summed E-state index contributed by atoms with van der Waals surface area (Å²) in [4.78, 5) is 10.9. The first-order valence-corrected chi connectivity index (χ1v) is 3.88. The highest BCUT2D eigenvalue weighted by molar-refractivity contribution is 5.79. The highest BCUT2D eigenvalue weighted by Gasteiger charge is 2.35. The molecule has 50 valence electrons. The maximum absolute atomic E-state index is 10.9. The van der Waals surface area contributed by atoms with Gasteiger partial charge in [-0.25, -0.2) is 0 Å². The summed E-state index contributed by atoms with van der Waals surface area (Å²) in [6, 6.07) is 0. The van der Waals surface area contributed by atoms with Crippen LogP contribution >= 0.6 is 0 Å². The molecule has 0 bridgehead atoms. The summed E-state index contributed by atoms with van der Waals surface area (Å²) in [7, 11) is 0. The third-order valence-corrected chi connectivity index (χ3v) is 2.86. The van der Waals surface area contributed by atoms with Gasteiger partial charge in [-0.1, -0.05) is 0 Å². The Bertz CT molecular complexity index is 140. The summed E-state index contributed by atoms with van der Waals surface area (Å²) < 4.78 is 0. The van der Waals surface area contributed by atoms with Crippen LogP contribution in [0.2, 0.25) is 0 Å². The van der Waals surface area contributed by atoms with Crippen molar-refractivity contribution in [1.29, 1.82) is 0 Å². The van der Waals surface area contributed by atoms with Gasteiger partial charge >= 0.3 is 0 Å². The van der Waals surface area contributed by atoms with Crippen molar-refractivity contribution in [2.24, 2.45) is 11.8 Å². The maximum Gasteiger partial charge on any atom is 0.133 e. The normalized spacial score (nSPS) is 41.6. The predicted molar refractivity (Wildman–Crippen MR) is 35.1 cm³/mol. The van der Waals surface area contributed by atoms with Crippen molar-refractivity contribution >= 4 is 5.78 Å². The summed E-state index contributed by atoms with van der Waals surface area (Å²) in [6.07, 6.45) is 5.71. The largest absolute Gasteiger partial charge is 0.300 e. The lowest BCUT2D eigenvalue weighted by molar-refractivity contribution is -0.124. The average Bonchev–Trinajstić information content (AvgIpc) is 1.78. The van der Waals surface area contributed by atoms with E-state index in [0.29, 0.717) is 5.78 Å². The fraction of sp³-hybridized carbons (Fsp3) is 0.875. The van der Waals surface area contributed by atoms with E-state index in [0.717, 1.165) is 24.7 Å². The second-order valence-corrected chi connectivity index (χ2v) is 3.38. The van der Waals surface area contributed by atoms with Crippen molar-refractivity contribution in [3.8, 4) is 0 Å². The van der Waals surface area contributed by atoms with Gasteiger partial charge in [-0.3, -0.25) is 4.79 Å². The van der Waals surface area contributed by atoms with Crippen LogP contribution in [0.4, 0.5) is 0 Å². The average molecular weight is 124 g/mol. The number of Topliss-reactive ketones (excluding diaryl/α,β-unsaturated/α-hetero) is 1. The van der Waals surface area contributed by atoms with E-state index in [2.05, 4.69) is 0 Å². The van der Waals surface area contributed by atoms with Crippen LogP contribution < -0.4 is 0 Å². The third kappa shape index (κ3) is 0.790. The van der Waals surface area contributed by atoms with Gasteiger partial charge in [0.15, 0.2) is 0 Å². The van der Waals surface area contributed by atoms with Crippen molar-refractivity contribution in [3.05, 3.63) is 0 Å². The lowest BCUT2D eigenvalue weighted by Gasteiger charge is -2.39. The molecule has 1 nitrogen and oxygen atoms in total. The molecule has 0 spiro atoms. The van der Waals surface area contributed by atoms with Crippen LogP contribution in [0.15, 0.2) is 0 Å². The quantitative estimate of drug-likeness (QED) is 0.481. The molecule has 0 heterocycles.